The van der Waals surface area contributed by atoms with E-state index in [0.717, 1.165) is 0 Å². The Kier molecular flexibility index (Phi) is 7.93. The Labute approximate surface area is 105 Å². The summed E-state index contributed by atoms with van der Waals surface area (Å²) in [5, 5.41) is 2.73. The number of hydrogen-bond donors (Lipinski definition) is 1. The number of carbonyl (C=O) groups excluding carboxylic acids is 1. The molecule has 0 aromatic heterocycles. The lowest BCUT2D eigenvalue weighted by Crippen LogP contribution is -2.41. The van der Waals surface area contributed by atoms with Gasteiger partial charge in [0.05, 0.1) is 13.7 Å². The molecule has 0 aromatic rings. The molecule has 1 unspecified atom stereocenters. The zero-order valence-corrected chi connectivity index (χ0v) is 11.0. The summed E-state index contributed by atoms with van der Waals surface area (Å²) < 4.78 is 41.5. The van der Waals surface area contributed by atoms with Crippen LogP contribution in [0.1, 0.15) is 19.8 Å². The molecule has 0 aliphatic rings. The lowest BCUT2D eigenvalue weighted by Gasteiger charge is -2.24. The first-order valence-electron chi connectivity index (χ1n) is 5.88. The summed E-state index contributed by atoms with van der Waals surface area (Å²) in [6.45, 7) is 1.43. The van der Waals surface area contributed by atoms with E-state index < -0.39 is 24.7 Å². The molecule has 7 heteroatoms. The first-order chi connectivity index (χ1) is 8.34. The Hall–Kier alpha value is -0.820. The quantitative estimate of drug-likeness (QED) is 0.677. The Bertz CT molecular complexity index is 247. The molecule has 1 N–H and O–H groups in total. The number of nitrogens with one attached hydrogen (secondary N) is 1. The molecule has 0 amide bonds. The topological polar surface area (TPSA) is 41.6 Å². The number of halogens is 3. The average molecular weight is 270 g/mol. The van der Waals surface area contributed by atoms with E-state index in [1.807, 2.05) is 6.92 Å². The zero-order chi connectivity index (χ0) is 14.2. The smallest absolute Gasteiger partial charge is 0.401 e. The fourth-order valence-corrected chi connectivity index (χ4v) is 1.67. The maximum Gasteiger partial charge on any atom is 0.401 e. The second-order valence-electron chi connectivity index (χ2n) is 4.04. The van der Waals surface area contributed by atoms with Crippen LogP contribution in [0.4, 0.5) is 13.2 Å². The second-order valence-corrected chi connectivity index (χ2v) is 4.04. The summed E-state index contributed by atoms with van der Waals surface area (Å²) in [6, 6.07) is -0.567. The molecule has 18 heavy (non-hydrogen) atoms. The molecule has 0 aromatic carbocycles. The molecule has 0 radical (unpaired) electrons. The number of likely N-dealkylation sites (N-methyl/N-ethyl adjacent to an activating group) is 1. The third-order valence-electron chi connectivity index (χ3n) is 2.51. The summed E-state index contributed by atoms with van der Waals surface area (Å²) in [5.74, 6) is -0.457. The van der Waals surface area contributed by atoms with Gasteiger partial charge in [-0.2, -0.15) is 13.2 Å². The number of carbonyl (C=O) groups is 1. The third-order valence-corrected chi connectivity index (χ3v) is 2.51. The fourth-order valence-electron chi connectivity index (χ4n) is 1.67. The maximum absolute atomic E-state index is 12.3. The summed E-state index contributed by atoms with van der Waals surface area (Å²) in [7, 11) is 2.84. The molecule has 0 spiro atoms. The van der Waals surface area contributed by atoms with Crippen molar-refractivity contribution in [2.45, 2.75) is 32.0 Å². The van der Waals surface area contributed by atoms with Gasteiger partial charge in [0.15, 0.2) is 0 Å². The minimum Gasteiger partial charge on any atom is -0.468 e. The minimum atomic E-state index is -4.21. The van der Waals surface area contributed by atoms with E-state index >= 15 is 0 Å². The average Bonchev–Trinajstić information content (AvgIpc) is 2.27. The molecule has 0 rings (SSSR count). The summed E-state index contributed by atoms with van der Waals surface area (Å²) >= 11 is 0. The van der Waals surface area contributed by atoms with Crippen LogP contribution in [-0.4, -0.2) is 56.9 Å². The van der Waals surface area contributed by atoms with Crippen LogP contribution in [0.25, 0.3) is 0 Å². The van der Waals surface area contributed by atoms with E-state index in [0.29, 0.717) is 19.4 Å². The van der Waals surface area contributed by atoms with Crippen LogP contribution in [0.5, 0.6) is 0 Å². The van der Waals surface area contributed by atoms with Gasteiger partial charge in [0.25, 0.3) is 0 Å². The number of nitrogens with zero attached hydrogens (tertiary/aromatic N) is 1. The van der Waals surface area contributed by atoms with Crippen LogP contribution in [-0.2, 0) is 9.53 Å². The van der Waals surface area contributed by atoms with Gasteiger partial charge < -0.3 is 10.1 Å². The normalized spacial score (nSPS) is 13.7. The number of hydrogen-bond acceptors (Lipinski definition) is 4. The van der Waals surface area contributed by atoms with Gasteiger partial charge in [-0.3, -0.25) is 9.69 Å². The molecule has 108 valence electrons. The molecule has 1 atom stereocenters. The number of ether oxygens (including phenoxy) is 1. The maximum atomic E-state index is 12.3. The monoisotopic (exact) mass is 270 g/mol. The van der Waals surface area contributed by atoms with Crippen LogP contribution in [0.2, 0.25) is 0 Å². The largest absolute Gasteiger partial charge is 0.468 e. The minimum absolute atomic E-state index is 0.202. The van der Waals surface area contributed by atoms with E-state index in [9.17, 15) is 18.0 Å². The lowest BCUT2D eigenvalue weighted by atomic mass is 10.2. The van der Waals surface area contributed by atoms with Crippen LogP contribution in [0.15, 0.2) is 0 Å². The summed E-state index contributed by atoms with van der Waals surface area (Å²) in [5.41, 5.74) is 0. The van der Waals surface area contributed by atoms with E-state index in [4.69, 9.17) is 0 Å². The van der Waals surface area contributed by atoms with Gasteiger partial charge in [-0.25, -0.2) is 0 Å². The van der Waals surface area contributed by atoms with Crippen molar-refractivity contribution in [3.63, 3.8) is 0 Å². The van der Waals surface area contributed by atoms with Gasteiger partial charge in [0.1, 0.15) is 6.04 Å². The van der Waals surface area contributed by atoms with E-state index in [1.165, 1.54) is 12.0 Å². The highest BCUT2D eigenvalue weighted by molar-refractivity contribution is 5.75. The van der Waals surface area contributed by atoms with Gasteiger partial charge in [0, 0.05) is 6.54 Å². The van der Waals surface area contributed by atoms with E-state index in [2.05, 4.69) is 10.1 Å². The number of esters is 1. The molecule has 4 nitrogen and oxygen atoms in total. The Morgan fingerprint density at radius 1 is 1.39 bits per heavy atom. The molecule has 0 bridgehead atoms. The van der Waals surface area contributed by atoms with Crippen molar-refractivity contribution in [1.82, 2.24) is 10.2 Å². The van der Waals surface area contributed by atoms with E-state index in [-0.39, 0.29) is 6.54 Å². The molecular weight excluding hydrogens is 249 g/mol. The Balaban J connectivity index is 4.28. The fraction of sp³-hybridized carbons (Fsp3) is 0.909. The van der Waals surface area contributed by atoms with Crippen LogP contribution >= 0.6 is 0 Å². The van der Waals surface area contributed by atoms with Crippen molar-refractivity contribution in [3.8, 4) is 0 Å². The highest BCUT2D eigenvalue weighted by Crippen LogP contribution is 2.17. The van der Waals surface area contributed by atoms with Crippen molar-refractivity contribution in [2.75, 3.05) is 33.8 Å². The Morgan fingerprint density at radius 2 is 2.00 bits per heavy atom. The predicted molar refractivity (Wildman–Crippen MR) is 62.3 cm³/mol. The molecular formula is C11H21F3N2O2. The third kappa shape index (κ3) is 7.50. The van der Waals surface area contributed by atoms with Gasteiger partial charge in [-0.15, -0.1) is 0 Å². The van der Waals surface area contributed by atoms with Crippen molar-refractivity contribution >= 4 is 5.97 Å². The molecule has 0 saturated carbocycles. The second kappa shape index (κ2) is 8.31. The molecule has 0 saturated heterocycles. The van der Waals surface area contributed by atoms with Gasteiger partial charge >= 0.3 is 12.1 Å². The van der Waals surface area contributed by atoms with E-state index in [1.54, 1.807) is 7.05 Å². The highest BCUT2D eigenvalue weighted by atomic mass is 19.4. The van der Waals surface area contributed by atoms with Crippen LogP contribution < -0.4 is 5.32 Å². The summed E-state index contributed by atoms with van der Waals surface area (Å²) in [4.78, 5) is 12.6. The molecule has 0 fully saturated rings. The Morgan fingerprint density at radius 3 is 2.39 bits per heavy atom. The number of alkyl halides is 3. The van der Waals surface area contributed by atoms with Gasteiger partial charge in [-0.1, -0.05) is 6.92 Å². The SMILES string of the molecule is CCCN(CCC(NC)C(=O)OC)CC(F)(F)F. The van der Waals surface area contributed by atoms with Crippen LogP contribution in [0.3, 0.4) is 0 Å². The number of rotatable bonds is 8. The van der Waals surface area contributed by atoms with Gasteiger partial charge in [-0.05, 0) is 26.4 Å². The van der Waals surface area contributed by atoms with Crippen molar-refractivity contribution in [1.29, 1.82) is 0 Å². The molecule has 0 aliphatic carbocycles. The standard InChI is InChI=1S/C11H21F3N2O2/c1-4-6-16(8-11(12,13)14)7-5-9(15-2)10(17)18-3/h9,15H,4-8H2,1-3H3. The highest BCUT2D eigenvalue weighted by Gasteiger charge is 2.30. The van der Waals surface area contributed by atoms with Crippen LogP contribution in [0, 0.1) is 0 Å². The van der Waals surface area contributed by atoms with Crippen molar-refractivity contribution in [2.24, 2.45) is 0 Å². The van der Waals surface area contributed by atoms with Crippen molar-refractivity contribution in [3.05, 3.63) is 0 Å². The predicted octanol–water partition coefficient (Wildman–Crippen LogP) is 1.41. The first-order valence-corrected chi connectivity index (χ1v) is 5.88. The molecule has 0 aliphatic heterocycles. The molecule has 0 heterocycles. The van der Waals surface area contributed by atoms with Gasteiger partial charge in [0.2, 0.25) is 0 Å². The lowest BCUT2D eigenvalue weighted by molar-refractivity contribution is -0.147. The number of methoxy groups -OCH3 is 1. The van der Waals surface area contributed by atoms with Crippen molar-refractivity contribution < 1.29 is 22.7 Å². The zero-order valence-electron chi connectivity index (χ0n) is 11.0. The summed E-state index contributed by atoms with van der Waals surface area (Å²) in [6.07, 6.45) is -3.28. The first kappa shape index (κ1) is 17.2.